The van der Waals surface area contributed by atoms with Crippen molar-refractivity contribution in [1.82, 2.24) is 10.2 Å². The van der Waals surface area contributed by atoms with Crippen LogP contribution in [0.3, 0.4) is 0 Å². The van der Waals surface area contributed by atoms with Crippen LogP contribution in [0.2, 0.25) is 0 Å². The zero-order chi connectivity index (χ0) is 15.8. The van der Waals surface area contributed by atoms with Crippen LogP contribution < -0.4 is 10.6 Å². The molecule has 0 aliphatic carbocycles. The molecule has 8 heteroatoms. The number of nitrogens with zero attached hydrogens (tertiary/aromatic N) is 3. The van der Waals surface area contributed by atoms with Gasteiger partial charge in [0.25, 0.3) is 0 Å². The van der Waals surface area contributed by atoms with Gasteiger partial charge < -0.3 is 10.6 Å². The molecule has 0 amide bonds. The summed E-state index contributed by atoms with van der Waals surface area (Å²) in [7, 11) is 0. The van der Waals surface area contributed by atoms with E-state index < -0.39 is 12.1 Å². The number of halogens is 3. The number of hydrogen-bond acceptors (Lipinski definition) is 4. The first-order valence-corrected chi connectivity index (χ1v) is 6.71. The Morgan fingerprint density at radius 1 is 1.24 bits per heavy atom. The quantitative estimate of drug-likeness (QED) is 0.648. The molecule has 0 bridgehead atoms. The van der Waals surface area contributed by atoms with Crippen LogP contribution in [0.15, 0.2) is 0 Å². The lowest BCUT2D eigenvalue weighted by Crippen LogP contribution is -2.40. The summed E-state index contributed by atoms with van der Waals surface area (Å²) in [5, 5.41) is 15.7. The molecular weight excluding hydrogens is 283 g/mol. The predicted octanol–water partition coefficient (Wildman–Crippen LogP) is 2.16. The molecule has 1 aliphatic heterocycles. The summed E-state index contributed by atoms with van der Waals surface area (Å²) in [6.45, 7) is 4.02. The number of amidine groups is 1. The molecule has 3 N–H and O–H groups in total. The lowest BCUT2D eigenvalue weighted by molar-refractivity contribution is -0.179. The van der Waals surface area contributed by atoms with Gasteiger partial charge in [-0.15, -0.1) is 5.10 Å². The SMILES string of the molecule is Cc1nnc(N2CCC(C(F)(F)F)CC2)c(C(=N)N)c1C. The Balaban J connectivity index is 2.25. The maximum absolute atomic E-state index is 12.7. The van der Waals surface area contributed by atoms with Crippen molar-refractivity contribution in [2.75, 3.05) is 18.0 Å². The van der Waals surface area contributed by atoms with E-state index in [-0.39, 0.29) is 31.8 Å². The van der Waals surface area contributed by atoms with Crippen molar-refractivity contribution in [2.45, 2.75) is 32.9 Å². The van der Waals surface area contributed by atoms with E-state index >= 15 is 0 Å². The fraction of sp³-hybridized carbons (Fsp3) is 0.615. The largest absolute Gasteiger partial charge is 0.391 e. The summed E-state index contributed by atoms with van der Waals surface area (Å²) in [4.78, 5) is 1.73. The summed E-state index contributed by atoms with van der Waals surface area (Å²) in [5.74, 6) is -1.00. The number of hydrogen-bond donors (Lipinski definition) is 2. The summed E-state index contributed by atoms with van der Waals surface area (Å²) < 4.78 is 38.1. The minimum Gasteiger partial charge on any atom is -0.384 e. The van der Waals surface area contributed by atoms with E-state index in [1.807, 2.05) is 0 Å². The highest BCUT2D eigenvalue weighted by molar-refractivity contribution is 6.01. The van der Waals surface area contributed by atoms with Gasteiger partial charge in [-0.2, -0.15) is 18.3 Å². The molecule has 116 valence electrons. The Labute approximate surface area is 120 Å². The molecule has 1 aliphatic rings. The zero-order valence-corrected chi connectivity index (χ0v) is 12.0. The van der Waals surface area contributed by atoms with Gasteiger partial charge >= 0.3 is 6.18 Å². The Hall–Kier alpha value is -1.86. The molecule has 0 aromatic carbocycles. The highest BCUT2D eigenvalue weighted by Gasteiger charge is 2.41. The number of anilines is 1. The smallest absolute Gasteiger partial charge is 0.384 e. The number of aromatic nitrogens is 2. The molecule has 0 saturated carbocycles. The molecule has 2 rings (SSSR count). The third-order valence-corrected chi connectivity index (χ3v) is 3.96. The van der Waals surface area contributed by atoms with Gasteiger partial charge in [0.05, 0.1) is 17.2 Å². The first-order valence-electron chi connectivity index (χ1n) is 6.71. The van der Waals surface area contributed by atoms with Gasteiger partial charge in [-0.25, -0.2) is 0 Å². The maximum Gasteiger partial charge on any atom is 0.391 e. The van der Waals surface area contributed by atoms with Gasteiger partial charge in [0.15, 0.2) is 5.82 Å². The number of rotatable bonds is 2. The molecule has 0 radical (unpaired) electrons. The number of alkyl halides is 3. The molecule has 5 nitrogen and oxygen atoms in total. The van der Waals surface area contributed by atoms with E-state index in [1.54, 1.807) is 18.7 Å². The monoisotopic (exact) mass is 301 g/mol. The Morgan fingerprint density at radius 2 is 1.81 bits per heavy atom. The first-order chi connectivity index (χ1) is 9.71. The van der Waals surface area contributed by atoms with Gasteiger partial charge in [0.1, 0.15) is 5.84 Å². The standard InChI is InChI=1S/C13H18F3N5/c1-7-8(2)19-20-12(10(7)11(17)18)21-5-3-9(4-6-21)13(14,15)16/h9H,3-6H2,1-2H3,(H3,17,18). The van der Waals surface area contributed by atoms with Crippen LogP contribution in [0.5, 0.6) is 0 Å². The number of nitrogens with one attached hydrogen (secondary N) is 1. The molecule has 21 heavy (non-hydrogen) atoms. The lowest BCUT2D eigenvalue weighted by atomic mass is 9.95. The van der Waals surface area contributed by atoms with E-state index in [0.717, 1.165) is 5.56 Å². The molecule has 1 fully saturated rings. The zero-order valence-electron chi connectivity index (χ0n) is 12.0. The lowest BCUT2D eigenvalue weighted by Gasteiger charge is -2.34. The molecule has 1 aromatic heterocycles. The van der Waals surface area contributed by atoms with Crippen LogP contribution in [-0.4, -0.2) is 35.3 Å². The summed E-state index contributed by atoms with van der Waals surface area (Å²) in [6, 6.07) is 0. The second-order valence-electron chi connectivity index (χ2n) is 5.33. The molecule has 0 atom stereocenters. The van der Waals surface area contributed by atoms with Crippen LogP contribution >= 0.6 is 0 Å². The third-order valence-electron chi connectivity index (χ3n) is 3.96. The minimum atomic E-state index is -4.15. The fourth-order valence-electron chi connectivity index (χ4n) is 2.56. The van der Waals surface area contributed by atoms with Gasteiger partial charge in [0, 0.05) is 13.1 Å². The Kier molecular flexibility index (Phi) is 4.06. The van der Waals surface area contributed by atoms with Crippen LogP contribution in [0, 0.1) is 25.2 Å². The number of aryl methyl sites for hydroxylation is 1. The van der Waals surface area contributed by atoms with Crippen LogP contribution in [0.4, 0.5) is 19.0 Å². The summed E-state index contributed by atoms with van der Waals surface area (Å²) >= 11 is 0. The Morgan fingerprint density at radius 3 is 2.29 bits per heavy atom. The second-order valence-corrected chi connectivity index (χ2v) is 5.33. The highest BCUT2D eigenvalue weighted by Crippen LogP contribution is 2.35. The van der Waals surface area contributed by atoms with Gasteiger partial charge in [0.2, 0.25) is 0 Å². The van der Waals surface area contributed by atoms with Crippen molar-refractivity contribution in [3.8, 4) is 0 Å². The van der Waals surface area contributed by atoms with Crippen LogP contribution in [0.1, 0.15) is 29.7 Å². The number of nitrogen functional groups attached to an aromatic ring is 1. The van der Waals surface area contributed by atoms with Gasteiger partial charge in [-0.3, -0.25) is 5.41 Å². The summed E-state index contributed by atoms with van der Waals surface area (Å²) in [6.07, 6.45) is -4.10. The topological polar surface area (TPSA) is 78.9 Å². The third kappa shape index (κ3) is 3.08. The average molecular weight is 301 g/mol. The van der Waals surface area contributed by atoms with E-state index in [9.17, 15) is 13.2 Å². The van der Waals surface area contributed by atoms with Crippen molar-refractivity contribution in [2.24, 2.45) is 11.7 Å². The van der Waals surface area contributed by atoms with E-state index in [2.05, 4.69) is 10.2 Å². The van der Waals surface area contributed by atoms with E-state index in [1.165, 1.54) is 0 Å². The van der Waals surface area contributed by atoms with Crippen molar-refractivity contribution >= 4 is 11.7 Å². The maximum atomic E-state index is 12.7. The molecule has 0 unspecified atom stereocenters. The molecule has 2 heterocycles. The van der Waals surface area contributed by atoms with Crippen molar-refractivity contribution < 1.29 is 13.2 Å². The molecular formula is C13H18F3N5. The van der Waals surface area contributed by atoms with Crippen LogP contribution in [0.25, 0.3) is 0 Å². The van der Waals surface area contributed by atoms with Gasteiger partial charge in [-0.05, 0) is 32.3 Å². The molecule has 1 aromatic rings. The van der Waals surface area contributed by atoms with Crippen molar-refractivity contribution in [3.05, 3.63) is 16.8 Å². The van der Waals surface area contributed by atoms with Crippen molar-refractivity contribution in [3.63, 3.8) is 0 Å². The minimum absolute atomic E-state index is 0.0233. The van der Waals surface area contributed by atoms with E-state index in [0.29, 0.717) is 17.1 Å². The number of piperidine rings is 1. The highest BCUT2D eigenvalue weighted by atomic mass is 19.4. The molecule has 1 saturated heterocycles. The molecule has 0 spiro atoms. The van der Waals surface area contributed by atoms with Gasteiger partial charge in [-0.1, -0.05) is 0 Å². The van der Waals surface area contributed by atoms with Crippen molar-refractivity contribution in [1.29, 1.82) is 5.41 Å². The average Bonchev–Trinajstić information content (AvgIpc) is 2.40. The Bertz CT molecular complexity index is 547. The fourth-order valence-corrected chi connectivity index (χ4v) is 2.56. The second kappa shape index (κ2) is 5.50. The van der Waals surface area contributed by atoms with Crippen LogP contribution in [-0.2, 0) is 0 Å². The first kappa shape index (κ1) is 15.5. The predicted molar refractivity (Wildman–Crippen MR) is 73.5 cm³/mol. The normalized spacial score (nSPS) is 17.1. The van der Waals surface area contributed by atoms with E-state index in [4.69, 9.17) is 11.1 Å². The number of nitrogens with two attached hydrogens (primary N) is 1. The summed E-state index contributed by atoms with van der Waals surface area (Å²) in [5.41, 5.74) is 7.46.